The molecule has 0 spiro atoms. The molecule has 1 aliphatic carbocycles. The maximum absolute atomic E-state index is 11.7. The fourth-order valence-electron chi connectivity index (χ4n) is 1.92. The smallest absolute Gasteiger partial charge is 0.312 e. The number of carbonyl (C=O) groups is 1. The van der Waals surface area contributed by atoms with E-state index in [4.69, 9.17) is 4.74 Å². The van der Waals surface area contributed by atoms with Crippen molar-refractivity contribution < 1.29 is 9.53 Å². The Bertz CT molecular complexity index is 197. The zero-order valence-electron chi connectivity index (χ0n) is 9.01. The quantitative estimate of drug-likeness (QED) is 0.562. The van der Waals surface area contributed by atoms with Crippen LogP contribution in [-0.2, 0) is 9.53 Å². The second-order valence-corrected chi connectivity index (χ2v) is 5.74. The van der Waals surface area contributed by atoms with E-state index in [9.17, 15) is 4.79 Å². The van der Waals surface area contributed by atoms with Gasteiger partial charge in [0.15, 0.2) is 0 Å². The molecule has 0 aromatic carbocycles. The lowest BCUT2D eigenvalue weighted by molar-refractivity contribution is -0.161. The molecule has 1 saturated carbocycles. The van der Waals surface area contributed by atoms with Gasteiger partial charge in [0.05, 0.1) is 12.0 Å². The Labute approximate surface area is 94.5 Å². The van der Waals surface area contributed by atoms with Crippen molar-refractivity contribution in [2.75, 3.05) is 6.61 Å². The van der Waals surface area contributed by atoms with Gasteiger partial charge in [-0.05, 0) is 32.6 Å². The monoisotopic (exact) mass is 262 g/mol. The Hall–Kier alpha value is -0.0500. The minimum Gasteiger partial charge on any atom is -0.466 e. The van der Waals surface area contributed by atoms with Gasteiger partial charge in [0.1, 0.15) is 0 Å². The second kappa shape index (κ2) is 5.15. The molecule has 1 unspecified atom stereocenters. The predicted octanol–water partition coefficient (Wildman–Crippen LogP) is 3.28. The van der Waals surface area contributed by atoms with Crippen LogP contribution in [0.3, 0.4) is 0 Å². The van der Waals surface area contributed by atoms with Crippen LogP contribution in [0.4, 0.5) is 0 Å². The molecule has 1 rings (SSSR count). The van der Waals surface area contributed by atoms with Crippen LogP contribution in [0.25, 0.3) is 0 Å². The van der Waals surface area contributed by atoms with Crippen molar-refractivity contribution in [1.29, 1.82) is 0 Å². The first-order chi connectivity index (χ1) is 6.60. The van der Waals surface area contributed by atoms with Crippen molar-refractivity contribution in [3.8, 4) is 0 Å². The summed E-state index contributed by atoms with van der Waals surface area (Å²) in [6.07, 6.45) is 5.24. The number of halogens is 1. The Balaban J connectivity index is 2.44. The number of carbonyl (C=O) groups excluding carboxylic acids is 1. The SMILES string of the molecule is CCOC(=O)C1(CCC(C)Br)CCC1. The van der Waals surface area contributed by atoms with Gasteiger partial charge in [-0.3, -0.25) is 4.79 Å². The Morgan fingerprint density at radius 3 is 2.57 bits per heavy atom. The highest BCUT2D eigenvalue weighted by Crippen LogP contribution is 2.46. The molecule has 0 N–H and O–H groups in total. The van der Waals surface area contributed by atoms with Crippen LogP contribution < -0.4 is 0 Å². The van der Waals surface area contributed by atoms with Crippen LogP contribution in [0.2, 0.25) is 0 Å². The molecule has 1 fully saturated rings. The van der Waals surface area contributed by atoms with Crippen LogP contribution in [0.15, 0.2) is 0 Å². The van der Waals surface area contributed by atoms with Gasteiger partial charge in [0.25, 0.3) is 0 Å². The van der Waals surface area contributed by atoms with Gasteiger partial charge in [0.2, 0.25) is 0 Å². The number of esters is 1. The molecule has 0 amide bonds. The van der Waals surface area contributed by atoms with Crippen LogP contribution in [0.5, 0.6) is 0 Å². The van der Waals surface area contributed by atoms with E-state index in [2.05, 4.69) is 22.9 Å². The van der Waals surface area contributed by atoms with E-state index in [1.54, 1.807) is 0 Å². The van der Waals surface area contributed by atoms with Crippen LogP contribution >= 0.6 is 15.9 Å². The van der Waals surface area contributed by atoms with E-state index in [-0.39, 0.29) is 11.4 Å². The number of alkyl halides is 1. The zero-order valence-corrected chi connectivity index (χ0v) is 10.6. The first kappa shape index (κ1) is 12.0. The first-order valence-electron chi connectivity index (χ1n) is 5.42. The molecule has 0 heterocycles. The van der Waals surface area contributed by atoms with Gasteiger partial charge in [-0.2, -0.15) is 0 Å². The van der Waals surface area contributed by atoms with E-state index in [1.807, 2.05) is 6.92 Å². The molecule has 82 valence electrons. The van der Waals surface area contributed by atoms with Gasteiger partial charge in [0, 0.05) is 4.83 Å². The lowest BCUT2D eigenvalue weighted by atomic mass is 9.66. The van der Waals surface area contributed by atoms with Gasteiger partial charge >= 0.3 is 5.97 Å². The summed E-state index contributed by atoms with van der Waals surface area (Å²) in [6, 6.07) is 0. The molecule has 1 aliphatic rings. The average molecular weight is 263 g/mol. The van der Waals surface area contributed by atoms with E-state index in [0.29, 0.717) is 11.4 Å². The molecular weight excluding hydrogens is 244 g/mol. The minimum atomic E-state index is -0.127. The van der Waals surface area contributed by atoms with Crippen molar-refractivity contribution >= 4 is 21.9 Å². The highest BCUT2D eigenvalue weighted by atomic mass is 79.9. The normalized spacial score (nSPS) is 21.1. The summed E-state index contributed by atoms with van der Waals surface area (Å²) in [6.45, 7) is 4.50. The molecule has 0 aliphatic heterocycles. The summed E-state index contributed by atoms with van der Waals surface area (Å²) in [7, 11) is 0. The van der Waals surface area contributed by atoms with Crippen molar-refractivity contribution in [3.05, 3.63) is 0 Å². The molecule has 0 saturated heterocycles. The summed E-state index contributed by atoms with van der Waals surface area (Å²) in [5.41, 5.74) is -0.127. The Morgan fingerprint density at radius 2 is 2.21 bits per heavy atom. The Morgan fingerprint density at radius 1 is 1.57 bits per heavy atom. The summed E-state index contributed by atoms with van der Waals surface area (Å²) < 4.78 is 5.13. The highest BCUT2D eigenvalue weighted by Gasteiger charge is 2.44. The third-order valence-corrected chi connectivity index (χ3v) is 3.50. The number of hydrogen-bond acceptors (Lipinski definition) is 2. The number of ether oxygens (including phenoxy) is 1. The van der Waals surface area contributed by atoms with E-state index >= 15 is 0 Å². The predicted molar refractivity (Wildman–Crippen MR) is 60.5 cm³/mol. The zero-order chi connectivity index (χ0) is 10.6. The summed E-state index contributed by atoms with van der Waals surface area (Å²) >= 11 is 3.52. The third-order valence-electron chi connectivity index (χ3n) is 3.04. The molecule has 14 heavy (non-hydrogen) atoms. The summed E-state index contributed by atoms with van der Waals surface area (Å²) in [5.74, 6) is 0.0272. The second-order valence-electron chi connectivity index (χ2n) is 4.17. The van der Waals surface area contributed by atoms with Crippen molar-refractivity contribution in [3.63, 3.8) is 0 Å². The third kappa shape index (κ3) is 2.72. The fraction of sp³-hybridized carbons (Fsp3) is 0.909. The Kier molecular flexibility index (Phi) is 4.42. The summed E-state index contributed by atoms with van der Waals surface area (Å²) in [4.78, 5) is 12.2. The van der Waals surface area contributed by atoms with E-state index in [1.165, 1.54) is 6.42 Å². The molecule has 0 bridgehead atoms. The number of hydrogen-bond donors (Lipinski definition) is 0. The molecule has 1 atom stereocenters. The van der Waals surface area contributed by atoms with Crippen LogP contribution in [0, 0.1) is 5.41 Å². The van der Waals surface area contributed by atoms with Crippen molar-refractivity contribution in [2.45, 2.75) is 50.8 Å². The topological polar surface area (TPSA) is 26.3 Å². The molecule has 2 nitrogen and oxygen atoms in total. The first-order valence-corrected chi connectivity index (χ1v) is 6.33. The molecule has 0 aromatic rings. The van der Waals surface area contributed by atoms with Crippen molar-refractivity contribution in [1.82, 2.24) is 0 Å². The van der Waals surface area contributed by atoms with Gasteiger partial charge in [-0.1, -0.05) is 29.3 Å². The molecule has 0 radical (unpaired) electrons. The molecule has 0 aromatic heterocycles. The number of rotatable bonds is 5. The van der Waals surface area contributed by atoms with Gasteiger partial charge in [-0.25, -0.2) is 0 Å². The standard InChI is InChI=1S/C11H19BrO2/c1-3-14-10(13)11(6-4-7-11)8-5-9(2)12/h9H,3-8H2,1-2H3. The van der Waals surface area contributed by atoms with Crippen molar-refractivity contribution in [2.24, 2.45) is 5.41 Å². The maximum Gasteiger partial charge on any atom is 0.312 e. The van der Waals surface area contributed by atoms with Gasteiger partial charge < -0.3 is 4.74 Å². The van der Waals surface area contributed by atoms with Crippen LogP contribution in [0.1, 0.15) is 46.0 Å². The lowest BCUT2D eigenvalue weighted by Gasteiger charge is -2.39. The van der Waals surface area contributed by atoms with E-state index in [0.717, 1.165) is 25.7 Å². The largest absolute Gasteiger partial charge is 0.466 e. The van der Waals surface area contributed by atoms with E-state index < -0.39 is 0 Å². The lowest BCUT2D eigenvalue weighted by Crippen LogP contribution is -2.39. The molecule has 3 heteroatoms. The van der Waals surface area contributed by atoms with Gasteiger partial charge in [-0.15, -0.1) is 0 Å². The summed E-state index contributed by atoms with van der Waals surface area (Å²) in [5, 5.41) is 0. The molecular formula is C11H19BrO2. The average Bonchev–Trinajstić information content (AvgIpc) is 2.02. The maximum atomic E-state index is 11.7. The van der Waals surface area contributed by atoms with Crippen LogP contribution in [-0.4, -0.2) is 17.4 Å². The minimum absolute atomic E-state index is 0.0272. The fourth-order valence-corrected chi connectivity index (χ4v) is 2.15. The highest BCUT2D eigenvalue weighted by molar-refractivity contribution is 9.09.